The predicted molar refractivity (Wildman–Crippen MR) is 89.4 cm³/mol. The maximum Gasteiger partial charge on any atom is 0.341 e. The molecule has 0 N–H and O–H groups in total. The van der Waals surface area contributed by atoms with Crippen molar-refractivity contribution in [2.45, 2.75) is 38.5 Å². The van der Waals surface area contributed by atoms with Crippen LogP contribution in [0.5, 0.6) is 0 Å². The normalized spacial score (nSPS) is 20.6. The summed E-state index contributed by atoms with van der Waals surface area (Å²) in [6.45, 7) is 9.41. The quantitative estimate of drug-likeness (QED) is 0.302. The van der Waals surface area contributed by atoms with Gasteiger partial charge < -0.3 is 4.74 Å². The van der Waals surface area contributed by atoms with E-state index < -0.39 is 0 Å². The Kier molecular flexibility index (Phi) is 8.72. The van der Waals surface area contributed by atoms with Crippen LogP contribution in [0.25, 0.3) is 0 Å². The summed E-state index contributed by atoms with van der Waals surface area (Å²) in [5.41, 5.74) is 1.87. The molecular weight excluding hydrogens is 361 g/mol. The molecule has 1 radical (unpaired) electrons. The summed E-state index contributed by atoms with van der Waals surface area (Å²) in [6.07, 6.45) is 10.8. The number of hydrogen-bond donors (Lipinski definition) is 0. The first-order valence-electron chi connectivity index (χ1n) is 7.80. The molecule has 119 valence electrons. The minimum Gasteiger partial charge on any atom is -0.443 e. The standard InChI is InChI=1S/C20H23O2.Y/c1-4-5-6-16(3)22-20(21)19-13-11-18(12-14-19)17-9-7-15(2)8-10-17;/h5-6,11-15,17H,1,3,7-10H2,2H3;/q-1;/b6-5-;. The predicted octanol–water partition coefficient (Wildman–Crippen LogP) is 5.19. The Balaban J connectivity index is 0.00000264. The number of carbonyl (C=O) groups is 1. The molecule has 1 saturated carbocycles. The summed E-state index contributed by atoms with van der Waals surface area (Å²) in [4.78, 5) is 12.0. The molecule has 1 aliphatic carbocycles. The van der Waals surface area contributed by atoms with E-state index in [1.165, 1.54) is 31.2 Å². The molecule has 0 aromatic heterocycles. The van der Waals surface area contributed by atoms with E-state index in [-0.39, 0.29) is 44.4 Å². The van der Waals surface area contributed by atoms with Gasteiger partial charge in [0.15, 0.2) is 0 Å². The van der Waals surface area contributed by atoms with Crippen molar-refractivity contribution in [3.8, 4) is 0 Å². The van der Waals surface area contributed by atoms with E-state index >= 15 is 0 Å². The Morgan fingerprint density at radius 2 is 1.83 bits per heavy atom. The molecule has 0 spiro atoms. The first-order valence-corrected chi connectivity index (χ1v) is 7.80. The molecule has 0 bridgehead atoms. The number of benzene rings is 1. The van der Waals surface area contributed by atoms with Gasteiger partial charge in [0, 0.05) is 38.5 Å². The topological polar surface area (TPSA) is 26.3 Å². The number of ether oxygens (including phenoxy) is 1. The van der Waals surface area contributed by atoms with Gasteiger partial charge in [0.1, 0.15) is 0 Å². The summed E-state index contributed by atoms with van der Waals surface area (Å²) in [7, 11) is 0. The first kappa shape index (κ1) is 20.1. The fourth-order valence-corrected chi connectivity index (χ4v) is 2.85. The Morgan fingerprint density at radius 3 is 2.39 bits per heavy atom. The Hall–Kier alpha value is -0.986. The molecule has 2 nitrogen and oxygen atoms in total. The van der Waals surface area contributed by atoms with Gasteiger partial charge in [-0.1, -0.05) is 38.5 Å². The van der Waals surface area contributed by atoms with Crippen LogP contribution in [-0.4, -0.2) is 5.97 Å². The molecule has 0 amide bonds. The Morgan fingerprint density at radius 1 is 1.22 bits per heavy atom. The third-order valence-corrected chi connectivity index (χ3v) is 4.24. The molecule has 0 aliphatic heterocycles. The zero-order valence-electron chi connectivity index (χ0n) is 13.8. The minimum absolute atomic E-state index is 0. The fourth-order valence-electron chi connectivity index (χ4n) is 2.85. The maximum atomic E-state index is 12.0. The first-order chi connectivity index (χ1) is 10.6. The van der Waals surface area contributed by atoms with Gasteiger partial charge in [-0.15, -0.1) is 0 Å². The van der Waals surface area contributed by atoms with Crippen molar-refractivity contribution in [2.24, 2.45) is 5.92 Å². The number of esters is 1. The third-order valence-electron chi connectivity index (χ3n) is 4.24. The van der Waals surface area contributed by atoms with Crippen LogP contribution in [-0.2, 0) is 37.4 Å². The Labute approximate surface area is 164 Å². The van der Waals surface area contributed by atoms with Crippen LogP contribution in [0.3, 0.4) is 0 Å². The van der Waals surface area contributed by atoms with Crippen molar-refractivity contribution in [3.63, 3.8) is 0 Å². The van der Waals surface area contributed by atoms with Crippen LogP contribution in [0.15, 0.2) is 55.3 Å². The second-order valence-electron chi connectivity index (χ2n) is 5.97. The SMILES string of the molecule is C=[C-]/C=C\C(=C)OC(=O)c1ccc(C2CCC(C)CC2)cc1.[Y]. The molecule has 1 aliphatic rings. The van der Waals surface area contributed by atoms with E-state index in [1.807, 2.05) is 24.3 Å². The van der Waals surface area contributed by atoms with Gasteiger partial charge >= 0.3 is 5.97 Å². The molecule has 3 heteroatoms. The van der Waals surface area contributed by atoms with Crippen LogP contribution in [0.1, 0.15) is 54.4 Å². The molecular formula is C20H23O2Y-. The van der Waals surface area contributed by atoms with E-state index in [0.717, 1.165) is 5.92 Å². The van der Waals surface area contributed by atoms with Crippen molar-refractivity contribution < 1.29 is 42.2 Å². The van der Waals surface area contributed by atoms with Gasteiger partial charge in [-0.2, -0.15) is 12.7 Å². The van der Waals surface area contributed by atoms with Crippen molar-refractivity contribution in [1.82, 2.24) is 0 Å². The van der Waals surface area contributed by atoms with Gasteiger partial charge in [0.25, 0.3) is 0 Å². The van der Waals surface area contributed by atoms with Crippen LogP contribution < -0.4 is 0 Å². The van der Waals surface area contributed by atoms with Crippen molar-refractivity contribution in [3.05, 3.63) is 72.5 Å². The van der Waals surface area contributed by atoms with Crippen molar-refractivity contribution >= 4 is 5.97 Å². The average Bonchev–Trinajstić information content (AvgIpc) is 2.54. The molecule has 23 heavy (non-hydrogen) atoms. The van der Waals surface area contributed by atoms with E-state index in [2.05, 4.69) is 26.2 Å². The van der Waals surface area contributed by atoms with Crippen molar-refractivity contribution in [1.29, 1.82) is 0 Å². The van der Waals surface area contributed by atoms with E-state index in [4.69, 9.17) is 4.74 Å². The van der Waals surface area contributed by atoms with Crippen LogP contribution in [0.2, 0.25) is 0 Å². The zero-order chi connectivity index (χ0) is 15.9. The van der Waals surface area contributed by atoms with E-state index in [1.54, 1.807) is 12.2 Å². The second kappa shape index (κ2) is 10.00. The molecule has 1 aromatic rings. The number of allylic oxidation sites excluding steroid dienone is 3. The smallest absolute Gasteiger partial charge is 0.341 e. The maximum absolute atomic E-state index is 12.0. The molecule has 1 aromatic carbocycles. The summed E-state index contributed by atoms with van der Waals surface area (Å²) in [6, 6.07) is 7.78. The minimum atomic E-state index is -0.387. The number of hydrogen-bond acceptors (Lipinski definition) is 2. The monoisotopic (exact) mass is 384 g/mol. The summed E-state index contributed by atoms with van der Waals surface area (Å²) in [5.74, 6) is 1.37. The van der Waals surface area contributed by atoms with Crippen LogP contribution in [0, 0.1) is 12.0 Å². The third kappa shape index (κ3) is 6.20. The van der Waals surface area contributed by atoms with Crippen LogP contribution in [0.4, 0.5) is 0 Å². The van der Waals surface area contributed by atoms with Gasteiger partial charge in [-0.25, -0.2) is 10.9 Å². The van der Waals surface area contributed by atoms with Crippen LogP contribution >= 0.6 is 0 Å². The van der Waals surface area contributed by atoms with Gasteiger partial charge in [-0.05, 0) is 42.4 Å². The molecule has 2 rings (SSSR count). The summed E-state index contributed by atoms with van der Waals surface area (Å²) < 4.78 is 5.15. The second-order valence-corrected chi connectivity index (χ2v) is 5.97. The Bertz CT molecular complexity index is 564. The number of carbonyl (C=O) groups excluding carboxylic acids is 1. The van der Waals surface area contributed by atoms with Crippen molar-refractivity contribution in [2.75, 3.05) is 0 Å². The zero-order valence-corrected chi connectivity index (χ0v) is 16.6. The van der Waals surface area contributed by atoms with Gasteiger partial charge in [-0.3, -0.25) is 6.08 Å². The van der Waals surface area contributed by atoms with E-state index in [0.29, 0.717) is 11.5 Å². The summed E-state index contributed by atoms with van der Waals surface area (Å²) in [5, 5.41) is 0. The molecule has 0 saturated heterocycles. The molecule has 0 heterocycles. The van der Waals surface area contributed by atoms with Gasteiger partial charge in [0.2, 0.25) is 0 Å². The number of rotatable bonds is 5. The van der Waals surface area contributed by atoms with Gasteiger partial charge in [0.05, 0.1) is 5.56 Å². The fraction of sp³-hybridized carbons (Fsp3) is 0.350. The summed E-state index contributed by atoms with van der Waals surface area (Å²) >= 11 is 0. The van der Waals surface area contributed by atoms with E-state index in [9.17, 15) is 4.79 Å². The largest absolute Gasteiger partial charge is 0.443 e. The molecule has 0 unspecified atom stereocenters. The average molecular weight is 384 g/mol. The molecule has 1 fully saturated rings. The molecule has 0 atom stereocenters.